The second kappa shape index (κ2) is 6.24. The predicted octanol–water partition coefficient (Wildman–Crippen LogP) is 1.61. The molecule has 0 aliphatic carbocycles. The number of nitrogen functional groups attached to an aromatic ring is 1. The minimum absolute atomic E-state index is 0.107. The predicted molar refractivity (Wildman–Crippen MR) is 75.9 cm³/mol. The zero-order valence-electron chi connectivity index (χ0n) is 10.5. The highest BCUT2D eigenvalue weighted by atomic mass is 32.2. The lowest BCUT2D eigenvalue weighted by Gasteiger charge is -2.08. The SMILES string of the molecule is CCSc1nnc(N)n1CC(=O)Nc1ccccc1. The third-order valence-corrected chi connectivity index (χ3v) is 3.23. The highest BCUT2D eigenvalue weighted by molar-refractivity contribution is 7.99. The van der Waals surface area contributed by atoms with Crippen LogP contribution in [-0.4, -0.2) is 26.4 Å². The number of nitrogens with two attached hydrogens (primary N) is 1. The fourth-order valence-electron chi connectivity index (χ4n) is 1.55. The maximum absolute atomic E-state index is 11.9. The van der Waals surface area contributed by atoms with Crippen LogP contribution in [0.5, 0.6) is 0 Å². The third kappa shape index (κ3) is 3.47. The van der Waals surface area contributed by atoms with E-state index in [1.807, 2.05) is 37.3 Å². The molecule has 0 spiro atoms. The quantitative estimate of drug-likeness (QED) is 0.811. The first kappa shape index (κ1) is 13.4. The standard InChI is InChI=1S/C12H15N5OS/c1-2-19-12-16-15-11(13)17(12)8-10(18)14-9-6-4-3-5-7-9/h3-7H,2,8H2,1H3,(H2,13,15)(H,14,18). The number of nitrogens with one attached hydrogen (secondary N) is 1. The number of para-hydroxylation sites is 1. The lowest BCUT2D eigenvalue weighted by Crippen LogP contribution is -2.20. The Morgan fingerprint density at radius 2 is 2.11 bits per heavy atom. The van der Waals surface area contributed by atoms with Crippen molar-refractivity contribution in [3.05, 3.63) is 30.3 Å². The first-order valence-corrected chi connectivity index (χ1v) is 6.85. The van der Waals surface area contributed by atoms with Gasteiger partial charge in [-0.1, -0.05) is 36.9 Å². The molecule has 1 amide bonds. The molecule has 1 heterocycles. The van der Waals surface area contributed by atoms with Gasteiger partial charge in [-0.3, -0.25) is 9.36 Å². The summed E-state index contributed by atoms with van der Waals surface area (Å²) in [4.78, 5) is 11.9. The van der Waals surface area contributed by atoms with E-state index >= 15 is 0 Å². The van der Waals surface area contributed by atoms with Gasteiger partial charge < -0.3 is 11.1 Å². The van der Waals surface area contributed by atoms with E-state index in [0.717, 1.165) is 11.4 Å². The van der Waals surface area contributed by atoms with Crippen molar-refractivity contribution in [2.75, 3.05) is 16.8 Å². The van der Waals surface area contributed by atoms with Gasteiger partial charge in [0, 0.05) is 5.69 Å². The molecular weight excluding hydrogens is 262 g/mol. The van der Waals surface area contributed by atoms with Crippen LogP contribution in [-0.2, 0) is 11.3 Å². The maximum atomic E-state index is 11.9. The number of amides is 1. The van der Waals surface area contributed by atoms with E-state index in [1.165, 1.54) is 11.8 Å². The molecule has 0 saturated heterocycles. The van der Waals surface area contributed by atoms with E-state index in [2.05, 4.69) is 15.5 Å². The number of benzene rings is 1. The number of carbonyl (C=O) groups is 1. The van der Waals surface area contributed by atoms with Crippen molar-refractivity contribution >= 4 is 29.3 Å². The molecule has 2 aromatic rings. The molecule has 0 fully saturated rings. The molecule has 0 atom stereocenters. The second-order valence-corrected chi connectivity index (χ2v) is 5.01. The highest BCUT2D eigenvalue weighted by Crippen LogP contribution is 2.17. The van der Waals surface area contributed by atoms with E-state index in [9.17, 15) is 4.79 Å². The summed E-state index contributed by atoms with van der Waals surface area (Å²) < 4.78 is 1.60. The lowest BCUT2D eigenvalue weighted by molar-refractivity contribution is -0.116. The number of thioether (sulfide) groups is 1. The van der Waals surface area contributed by atoms with Crippen molar-refractivity contribution in [1.29, 1.82) is 0 Å². The Hall–Kier alpha value is -2.02. The summed E-state index contributed by atoms with van der Waals surface area (Å²) in [6.45, 7) is 2.11. The van der Waals surface area contributed by atoms with Gasteiger partial charge in [-0.2, -0.15) is 0 Å². The van der Waals surface area contributed by atoms with Gasteiger partial charge in [-0.05, 0) is 17.9 Å². The van der Waals surface area contributed by atoms with Crippen molar-refractivity contribution in [2.45, 2.75) is 18.6 Å². The minimum Gasteiger partial charge on any atom is -0.368 e. The fraction of sp³-hybridized carbons (Fsp3) is 0.250. The van der Waals surface area contributed by atoms with Crippen molar-refractivity contribution in [1.82, 2.24) is 14.8 Å². The number of nitrogens with zero attached hydrogens (tertiary/aromatic N) is 3. The van der Waals surface area contributed by atoms with Gasteiger partial charge in [-0.15, -0.1) is 10.2 Å². The van der Waals surface area contributed by atoms with Crippen LogP contribution >= 0.6 is 11.8 Å². The smallest absolute Gasteiger partial charge is 0.244 e. The Morgan fingerprint density at radius 3 is 2.79 bits per heavy atom. The summed E-state index contributed by atoms with van der Waals surface area (Å²) in [7, 11) is 0. The van der Waals surface area contributed by atoms with E-state index in [0.29, 0.717) is 5.16 Å². The number of anilines is 2. The van der Waals surface area contributed by atoms with E-state index in [4.69, 9.17) is 5.73 Å². The summed E-state index contributed by atoms with van der Waals surface area (Å²) in [6.07, 6.45) is 0. The number of hydrogen-bond donors (Lipinski definition) is 2. The van der Waals surface area contributed by atoms with E-state index in [-0.39, 0.29) is 18.4 Å². The Bertz CT molecular complexity index is 555. The molecule has 0 unspecified atom stereocenters. The normalized spacial score (nSPS) is 10.4. The van der Waals surface area contributed by atoms with Crippen LogP contribution in [0.15, 0.2) is 35.5 Å². The molecule has 19 heavy (non-hydrogen) atoms. The number of hydrogen-bond acceptors (Lipinski definition) is 5. The third-order valence-electron chi connectivity index (χ3n) is 2.38. The molecule has 0 saturated carbocycles. The summed E-state index contributed by atoms with van der Waals surface area (Å²) in [6, 6.07) is 9.27. The van der Waals surface area contributed by atoms with E-state index < -0.39 is 0 Å². The van der Waals surface area contributed by atoms with Crippen LogP contribution in [0.4, 0.5) is 11.6 Å². The summed E-state index contributed by atoms with van der Waals surface area (Å²) in [5.41, 5.74) is 6.46. The Labute approximate surface area is 115 Å². The van der Waals surface area contributed by atoms with Gasteiger partial charge in [0.2, 0.25) is 11.9 Å². The van der Waals surface area contributed by atoms with Crippen LogP contribution in [0.25, 0.3) is 0 Å². The lowest BCUT2D eigenvalue weighted by atomic mass is 10.3. The zero-order chi connectivity index (χ0) is 13.7. The van der Waals surface area contributed by atoms with Gasteiger partial charge in [0.05, 0.1) is 0 Å². The van der Waals surface area contributed by atoms with Gasteiger partial charge in [-0.25, -0.2) is 0 Å². The molecule has 3 N–H and O–H groups in total. The molecule has 6 nitrogen and oxygen atoms in total. The van der Waals surface area contributed by atoms with Crippen molar-refractivity contribution < 1.29 is 4.79 Å². The number of rotatable bonds is 5. The Balaban J connectivity index is 2.05. The fourth-order valence-corrected chi connectivity index (χ4v) is 2.22. The van der Waals surface area contributed by atoms with Crippen LogP contribution in [0.3, 0.4) is 0 Å². The average Bonchev–Trinajstić information content (AvgIpc) is 2.73. The monoisotopic (exact) mass is 277 g/mol. The van der Waals surface area contributed by atoms with Gasteiger partial charge in [0.1, 0.15) is 6.54 Å². The average molecular weight is 277 g/mol. The van der Waals surface area contributed by atoms with Crippen LogP contribution in [0.2, 0.25) is 0 Å². The number of aromatic nitrogens is 3. The Kier molecular flexibility index (Phi) is 4.40. The largest absolute Gasteiger partial charge is 0.368 e. The van der Waals surface area contributed by atoms with Gasteiger partial charge in [0.15, 0.2) is 5.16 Å². The number of carbonyl (C=O) groups excluding carboxylic acids is 1. The van der Waals surface area contributed by atoms with Crippen LogP contribution < -0.4 is 11.1 Å². The summed E-state index contributed by atoms with van der Waals surface area (Å²) in [5, 5.41) is 11.2. The van der Waals surface area contributed by atoms with Crippen molar-refractivity contribution in [2.24, 2.45) is 0 Å². The molecule has 2 rings (SSSR count). The van der Waals surface area contributed by atoms with Crippen LogP contribution in [0.1, 0.15) is 6.92 Å². The van der Waals surface area contributed by atoms with Crippen molar-refractivity contribution in [3.63, 3.8) is 0 Å². The highest BCUT2D eigenvalue weighted by Gasteiger charge is 2.13. The van der Waals surface area contributed by atoms with Crippen LogP contribution in [0, 0.1) is 0 Å². The topological polar surface area (TPSA) is 85.8 Å². The molecule has 100 valence electrons. The van der Waals surface area contributed by atoms with Gasteiger partial charge in [0.25, 0.3) is 0 Å². The molecule has 0 aliphatic rings. The van der Waals surface area contributed by atoms with Crippen molar-refractivity contribution in [3.8, 4) is 0 Å². The molecule has 0 bridgehead atoms. The summed E-state index contributed by atoms with van der Waals surface area (Å²) in [5.74, 6) is 0.938. The van der Waals surface area contributed by atoms with Gasteiger partial charge >= 0.3 is 0 Å². The molecule has 7 heteroatoms. The molecule has 1 aromatic carbocycles. The molecular formula is C12H15N5OS. The zero-order valence-corrected chi connectivity index (χ0v) is 11.4. The first-order valence-electron chi connectivity index (χ1n) is 5.87. The minimum atomic E-state index is -0.157. The summed E-state index contributed by atoms with van der Waals surface area (Å²) >= 11 is 1.50. The maximum Gasteiger partial charge on any atom is 0.244 e. The first-order chi connectivity index (χ1) is 9.20. The Morgan fingerprint density at radius 1 is 1.37 bits per heavy atom. The molecule has 0 aliphatic heterocycles. The second-order valence-electron chi connectivity index (χ2n) is 3.77. The molecule has 0 radical (unpaired) electrons. The van der Waals surface area contributed by atoms with E-state index in [1.54, 1.807) is 4.57 Å². The molecule has 1 aromatic heterocycles.